The highest BCUT2D eigenvalue weighted by Crippen LogP contribution is 2.17. The maximum atomic E-state index is 12.3. The number of hydrogen-bond donors (Lipinski definition) is 1. The van der Waals surface area contributed by atoms with Crippen molar-refractivity contribution >= 4 is 31.9 Å². The van der Waals surface area contributed by atoms with Gasteiger partial charge in [0.15, 0.2) is 0 Å². The number of benzene rings is 1. The molecule has 0 aliphatic carbocycles. The van der Waals surface area contributed by atoms with Crippen molar-refractivity contribution in [1.82, 2.24) is 9.62 Å². The summed E-state index contributed by atoms with van der Waals surface area (Å²) in [6.07, 6.45) is 1.20. The fourth-order valence-electron chi connectivity index (χ4n) is 2.36. The van der Waals surface area contributed by atoms with Crippen molar-refractivity contribution in [3.05, 3.63) is 28.7 Å². The number of methoxy groups -OCH3 is 1. The van der Waals surface area contributed by atoms with Crippen LogP contribution in [0.25, 0.3) is 0 Å². The average Bonchev–Trinajstić information content (AvgIpc) is 2.48. The van der Waals surface area contributed by atoms with Gasteiger partial charge in [-0.05, 0) is 37.1 Å². The van der Waals surface area contributed by atoms with Crippen LogP contribution in [-0.4, -0.2) is 52.1 Å². The molecule has 0 unspecified atom stereocenters. The Morgan fingerprint density at radius 2 is 1.91 bits per heavy atom. The minimum atomic E-state index is -3.52. The zero-order valence-electron chi connectivity index (χ0n) is 12.3. The predicted octanol–water partition coefficient (Wildman–Crippen LogP) is 1.36. The van der Waals surface area contributed by atoms with Gasteiger partial charge in [-0.2, -0.15) is 0 Å². The number of sulfonamides is 1. The average molecular weight is 391 g/mol. The molecule has 1 aromatic rings. The predicted molar refractivity (Wildman–Crippen MR) is 85.9 cm³/mol. The monoisotopic (exact) mass is 390 g/mol. The Hall–Kier alpha value is -0.960. The van der Waals surface area contributed by atoms with Gasteiger partial charge in [0, 0.05) is 30.7 Å². The van der Waals surface area contributed by atoms with E-state index in [0.29, 0.717) is 25.9 Å². The molecule has 1 saturated heterocycles. The number of hydrogen-bond acceptors (Lipinski definition) is 4. The molecular formula is C14H19BrN2O4S. The summed E-state index contributed by atoms with van der Waals surface area (Å²) in [5.41, 5.74) is 0. The molecule has 0 atom stereocenters. The van der Waals surface area contributed by atoms with E-state index in [1.165, 1.54) is 7.11 Å². The van der Waals surface area contributed by atoms with E-state index in [1.807, 2.05) is 0 Å². The molecule has 1 amide bonds. The van der Waals surface area contributed by atoms with Crippen LogP contribution in [0.1, 0.15) is 12.8 Å². The van der Waals surface area contributed by atoms with E-state index in [0.717, 1.165) is 4.47 Å². The molecule has 0 aromatic heterocycles. The first kappa shape index (κ1) is 17.4. The standard InChI is InChI=1S/C14H19BrN2O4S/c1-21-10-14(18)17-8-6-12(7-9-17)16-22(19,20)13-4-2-11(15)3-5-13/h2-5,12,16H,6-10H2,1H3. The Bertz CT molecular complexity index is 610. The first-order chi connectivity index (χ1) is 10.4. The van der Waals surface area contributed by atoms with Gasteiger partial charge < -0.3 is 9.64 Å². The number of carbonyl (C=O) groups excluding carboxylic acids is 1. The van der Waals surface area contributed by atoms with Crippen molar-refractivity contribution in [2.24, 2.45) is 0 Å². The van der Waals surface area contributed by atoms with Gasteiger partial charge in [0.05, 0.1) is 4.90 Å². The van der Waals surface area contributed by atoms with E-state index in [4.69, 9.17) is 4.74 Å². The first-order valence-corrected chi connectivity index (χ1v) is 9.24. The number of ether oxygens (including phenoxy) is 1. The first-order valence-electron chi connectivity index (χ1n) is 6.97. The summed E-state index contributed by atoms with van der Waals surface area (Å²) in [5.74, 6) is -0.0586. The summed E-state index contributed by atoms with van der Waals surface area (Å²) in [5, 5.41) is 0. The number of halogens is 1. The third-order valence-electron chi connectivity index (χ3n) is 3.56. The summed E-state index contributed by atoms with van der Waals surface area (Å²) >= 11 is 3.28. The zero-order chi connectivity index (χ0) is 16.2. The molecule has 22 heavy (non-hydrogen) atoms. The smallest absolute Gasteiger partial charge is 0.248 e. The quantitative estimate of drug-likeness (QED) is 0.823. The van der Waals surface area contributed by atoms with Crippen LogP contribution >= 0.6 is 15.9 Å². The fourth-order valence-corrected chi connectivity index (χ4v) is 3.93. The van der Waals surface area contributed by atoms with E-state index in [-0.39, 0.29) is 23.5 Å². The van der Waals surface area contributed by atoms with Gasteiger partial charge >= 0.3 is 0 Å². The molecule has 1 heterocycles. The molecule has 0 radical (unpaired) electrons. The Balaban J connectivity index is 1.92. The summed E-state index contributed by atoms with van der Waals surface area (Å²) in [7, 11) is -2.04. The molecule has 6 nitrogen and oxygen atoms in total. The molecule has 0 spiro atoms. The SMILES string of the molecule is COCC(=O)N1CCC(NS(=O)(=O)c2ccc(Br)cc2)CC1. The van der Waals surface area contributed by atoms with E-state index in [2.05, 4.69) is 20.7 Å². The Kier molecular flexibility index (Phi) is 5.96. The van der Waals surface area contributed by atoms with Crippen LogP contribution < -0.4 is 4.72 Å². The minimum Gasteiger partial charge on any atom is -0.375 e. The van der Waals surface area contributed by atoms with Gasteiger partial charge in [0.2, 0.25) is 15.9 Å². The summed E-state index contributed by atoms with van der Waals surface area (Å²) < 4.78 is 33.0. The summed E-state index contributed by atoms with van der Waals surface area (Å²) in [6.45, 7) is 1.14. The zero-order valence-corrected chi connectivity index (χ0v) is 14.7. The number of likely N-dealkylation sites (tertiary alicyclic amines) is 1. The van der Waals surface area contributed by atoms with Crippen molar-refractivity contribution in [3.63, 3.8) is 0 Å². The van der Waals surface area contributed by atoms with Crippen LogP contribution in [0, 0.1) is 0 Å². The normalized spacial score (nSPS) is 16.7. The molecule has 122 valence electrons. The molecule has 1 aromatic carbocycles. The van der Waals surface area contributed by atoms with Crippen molar-refractivity contribution in [1.29, 1.82) is 0 Å². The van der Waals surface area contributed by atoms with Crippen LogP contribution in [0.15, 0.2) is 33.6 Å². The van der Waals surface area contributed by atoms with E-state index in [1.54, 1.807) is 29.2 Å². The van der Waals surface area contributed by atoms with Crippen molar-refractivity contribution in [3.8, 4) is 0 Å². The number of nitrogens with one attached hydrogen (secondary N) is 1. The Labute approximate surface area is 139 Å². The molecule has 1 aliphatic rings. The van der Waals surface area contributed by atoms with Crippen LogP contribution in [0.5, 0.6) is 0 Å². The second-order valence-electron chi connectivity index (χ2n) is 5.16. The minimum absolute atomic E-state index is 0.0586. The third kappa shape index (κ3) is 4.52. The van der Waals surface area contributed by atoms with Crippen LogP contribution in [0.2, 0.25) is 0 Å². The van der Waals surface area contributed by atoms with Gasteiger partial charge in [0.1, 0.15) is 6.61 Å². The molecule has 1 N–H and O–H groups in total. The maximum absolute atomic E-state index is 12.3. The van der Waals surface area contributed by atoms with Crippen LogP contribution in [0.3, 0.4) is 0 Å². The lowest BCUT2D eigenvalue weighted by Crippen LogP contribution is -2.47. The van der Waals surface area contributed by atoms with Gasteiger partial charge in [-0.3, -0.25) is 4.79 Å². The lowest BCUT2D eigenvalue weighted by atomic mass is 10.1. The number of piperidine rings is 1. The number of rotatable bonds is 5. The van der Waals surface area contributed by atoms with Gasteiger partial charge in [-0.15, -0.1) is 0 Å². The topological polar surface area (TPSA) is 75.7 Å². The lowest BCUT2D eigenvalue weighted by molar-refractivity contribution is -0.136. The van der Waals surface area contributed by atoms with Gasteiger partial charge in [-0.25, -0.2) is 13.1 Å². The molecular weight excluding hydrogens is 372 g/mol. The molecule has 1 fully saturated rings. The van der Waals surface area contributed by atoms with Gasteiger partial charge in [0.25, 0.3) is 0 Å². The van der Waals surface area contributed by atoms with E-state index >= 15 is 0 Å². The van der Waals surface area contributed by atoms with E-state index in [9.17, 15) is 13.2 Å². The number of nitrogens with zero attached hydrogens (tertiary/aromatic N) is 1. The lowest BCUT2D eigenvalue weighted by Gasteiger charge is -2.32. The number of carbonyl (C=O) groups is 1. The molecule has 1 aliphatic heterocycles. The van der Waals surface area contributed by atoms with Crippen molar-refractivity contribution in [2.75, 3.05) is 26.8 Å². The van der Waals surface area contributed by atoms with Crippen LogP contribution in [0.4, 0.5) is 0 Å². The third-order valence-corrected chi connectivity index (χ3v) is 5.63. The second-order valence-corrected chi connectivity index (χ2v) is 7.79. The summed E-state index contributed by atoms with van der Waals surface area (Å²) in [6, 6.07) is 6.36. The molecule has 2 rings (SSSR count). The highest BCUT2D eigenvalue weighted by atomic mass is 79.9. The molecule has 0 saturated carbocycles. The summed E-state index contributed by atoms with van der Waals surface area (Å²) in [4.78, 5) is 13.6. The Morgan fingerprint density at radius 3 is 2.45 bits per heavy atom. The maximum Gasteiger partial charge on any atom is 0.248 e. The molecule has 8 heteroatoms. The Morgan fingerprint density at radius 1 is 1.32 bits per heavy atom. The van der Waals surface area contributed by atoms with E-state index < -0.39 is 10.0 Å². The second kappa shape index (κ2) is 7.54. The van der Waals surface area contributed by atoms with Gasteiger partial charge in [-0.1, -0.05) is 15.9 Å². The largest absolute Gasteiger partial charge is 0.375 e. The van der Waals surface area contributed by atoms with Crippen LogP contribution in [-0.2, 0) is 19.6 Å². The van der Waals surface area contributed by atoms with Crippen molar-refractivity contribution < 1.29 is 17.9 Å². The fraction of sp³-hybridized carbons (Fsp3) is 0.500. The number of amides is 1. The highest BCUT2D eigenvalue weighted by molar-refractivity contribution is 9.10. The molecule has 0 bridgehead atoms. The van der Waals surface area contributed by atoms with Crippen molar-refractivity contribution in [2.45, 2.75) is 23.8 Å². The highest BCUT2D eigenvalue weighted by Gasteiger charge is 2.26.